The Kier molecular flexibility index (Phi) is 8.91. The molecule has 0 aliphatic heterocycles. The number of nitrogens with one attached hydrogen (secondary N) is 1. The van der Waals surface area contributed by atoms with Gasteiger partial charge < -0.3 is 14.2 Å². The fourth-order valence-electron chi connectivity index (χ4n) is 2.76. The van der Waals surface area contributed by atoms with Crippen molar-refractivity contribution in [2.75, 3.05) is 13.7 Å². The molecule has 0 spiro atoms. The van der Waals surface area contributed by atoms with E-state index >= 15 is 0 Å². The average Bonchev–Trinajstić information content (AvgIpc) is 2.74. The molecule has 0 aliphatic carbocycles. The molecule has 1 N–H and O–H groups in total. The van der Waals surface area contributed by atoms with Gasteiger partial charge in [-0.05, 0) is 60.2 Å². The highest BCUT2D eigenvalue weighted by Crippen LogP contribution is 2.28. The fraction of sp³-hybridized carbons (Fsp3) is 0.440. The summed E-state index contributed by atoms with van der Waals surface area (Å²) in [5.41, 5.74) is 4.57. The number of hydrazone groups is 1. The third-order valence-corrected chi connectivity index (χ3v) is 4.73. The summed E-state index contributed by atoms with van der Waals surface area (Å²) < 4.78 is 16.8. The van der Waals surface area contributed by atoms with Crippen molar-refractivity contribution in [1.82, 2.24) is 5.43 Å². The van der Waals surface area contributed by atoms with Crippen molar-refractivity contribution in [3.8, 4) is 17.2 Å². The number of nitrogens with zero attached hydrogens (tertiary/aromatic N) is 1. The first-order valence-corrected chi connectivity index (χ1v) is 10.7. The van der Waals surface area contributed by atoms with Crippen LogP contribution < -0.4 is 19.6 Å². The number of hydrogen-bond donors (Lipinski definition) is 1. The van der Waals surface area contributed by atoms with Crippen molar-refractivity contribution in [3.63, 3.8) is 0 Å². The molecule has 31 heavy (non-hydrogen) atoms. The number of carbonyl (C=O) groups is 1. The molecule has 1 amide bonds. The van der Waals surface area contributed by atoms with Crippen molar-refractivity contribution >= 4 is 12.1 Å². The second kappa shape index (κ2) is 11.4. The maximum Gasteiger partial charge on any atom is 0.280 e. The lowest BCUT2D eigenvalue weighted by Gasteiger charge is -2.20. The van der Waals surface area contributed by atoms with Crippen LogP contribution in [0.2, 0.25) is 0 Å². The lowest BCUT2D eigenvalue weighted by atomic mass is 9.87. The third-order valence-electron chi connectivity index (χ3n) is 4.73. The first-order chi connectivity index (χ1) is 14.7. The molecule has 1 unspecified atom stereocenters. The van der Waals surface area contributed by atoms with E-state index in [4.69, 9.17) is 14.2 Å². The van der Waals surface area contributed by atoms with Crippen molar-refractivity contribution in [2.45, 2.75) is 59.0 Å². The van der Waals surface area contributed by atoms with Gasteiger partial charge in [0.25, 0.3) is 5.91 Å². The smallest absolute Gasteiger partial charge is 0.280 e. The Morgan fingerprint density at radius 3 is 2.45 bits per heavy atom. The van der Waals surface area contributed by atoms with Crippen molar-refractivity contribution < 1.29 is 19.0 Å². The molecule has 0 aliphatic rings. The number of rotatable bonds is 10. The average molecular weight is 427 g/mol. The largest absolute Gasteiger partial charge is 0.493 e. The van der Waals surface area contributed by atoms with Crippen LogP contribution >= 0.6 is 0 Å². The number of carbonyl (C=O) groups excluding carboxylic acids is 1. The number of methoxy groups -OCH3 is 1. The predicted octanol–water partition coefficient (Wildman–Crippen LogP) is 5.09. The molecule has 0 saturated carbocycles. The maximum atomic E-state index is 12.3. The molecule has 0 bridgehead atoms. The minimum absolute atomic E-state index is 0.0682. The Labute approximate surface area is 185 Å². The summed E-state index contributed by atoms with van der Waals surface area (Å²) in [6.45, 7) is 10.9. The SMILES string of the molecule is CCCCOc1ccc(/C=N/NC(=O)C(C)Oc2ccc(C(C)(C)C)cc2)cc1OC. The van der Waals surface area contributed by atoms with E-state index in [1.54, 1.807) is 20.2 Å². The van der Waals surface area contributed by atoms with E-state index in [9.17, 15) is 4.79 Å². The Morgan fingerprint density at radius 2 is 1.84 bits per heavy atom. The highest BCUT2D eigenvalue weighted by Gasteiger charge is 2.16. The quantitative estimate of drug-likeness (QED) is 0.326. The molecular weight excluding hydrogens is 392 g/mol. The van der Waals surface area contributed by atoms with Gasteiger partial charge in [-0.15, -0.1) is 0 Å². The van der Waals surface area contributed by atoms with Gasteiger partial charge in [-0.3, -0.25) is 4.79 Å². The highest BCUT2D eigenvalue weighted by atomic mass is 16.5. The molecule has 168 valence electrons. The molecule has 6 heteroatoms. The second-order valence-electron chi connectivity index (χ2n) is 8.38. The zero-order chi connectivity index (χ0) is 22.9. The van der Waals surface area contributed by atoms with Gasteiger partial charge in [0, 0.05) is 0 Å². The molecule has 0 radical (unpaired) electrons. The van der Waals surface area contributed by atoms with Crippen LogP contribution in [-0.4, -0.2) is 31.9 Å². The molecule has 2 aromatic carbocycles. The summed E-state index contributed by atoms with van der Waals surface area (Å²) in [7, 11) is 1.59. The Morgan fingerprint density at radius 1 is 1.13 bits per heavy atom. The van der Waals surface area contributed by atoms with Crippen LogP contribution in [0.4, 0.5) is 0 Å². The van der Waals surface area contributed by atoms with Crippen LogP contribution in [0, 0.1) is 0 Å². The Balaban J connectivity index is 1.90. The van der Waals surface area contributed by atoms with E-state index in [0.29, 0.717) is 23.9 Å². The van der Waals surface area contributed by atoms with Crippen LogP contribution in [0.3, 0.4) is 0 Å². The fourth-order valence-corrected chi connectivity index (χ4v) is 2.76. The van der Waals surface area contributed by atoms with E-state index in [-0.39, 0.29) is 11.3 Å². The van der Waals surface area contributed by atoms with Gasteiger partial charge in [0.05, 0.1) is 19.9 Å². The number of ether oxygens (including phenoxy) is 3. The molecule has 6 nitrogen and oxygen atoms in total. The van der Waals surface area contributed by atoms with Gasteiger partial charge in [0.2, 0.25) is 0 Å². The normalized spacial score (nSPS) is 12.5. The van der Waals surface area contributed by atoms with Gasteiger partial charge in [-0.2, -0.15) is 5.10 Å². The van der Waals surface area contributed by atoms with Gasteiger partial charge in [0.15, 0.2) is 17.6 Å². The summed E-state index contributed by atoms with van der Waals surface area (Å²) in [5.74, 6) is 1.63. The monoisotopic (exact) mass is 426 g/mol. The Bertz CT molecular complexity index is 870. The molecule has 0 heterocycles. The lowest BCUT2D eigenvalue weighted by molar-refractivity contribution is -0.127. The molecule has 2 rings (SSSR count). The third kappa shape index (κ3) is 7.63. The summed E-state index contributed by atoms with van der Waals surface area (Å²) in [4.78, 5) is 12.3. The summed E-state index contributed by atoms with van der Waals surface area (Å²) in [6, 6.07) is 13.3. The van der Waals surface area contributed by atoms with Gasteiger partial charge in [-0.1, -0.05) is 46.2 Å². The second-order valence-corrected chi connectivity index (χ2v) is 8.38. The van der Waals surface area contributed by atoms with E-state index < -0.39 is 6.10 Å². The summed E-state index contributed by atoms with van der Waals surface area (Å²) in [6.07, 6.45) is 2.93. The van der Waals surface area contributed by atoms with Crippen molar-refractivity contribution in [1.29, 1.82) is 0 Å². The molecule has 1 atom stereocenters. The van der Waals surface area contributed by atoms with Crippen molar-refractivity contribution in [2.24, 2.45) is 5.10 Å². The number of benzene rings is 2. The number of hydrogen-bond acceptors (Lipinski definition) is 5. The zero-order valence-corrected chi connectivity index (χ0v) is 19.4. The minimum Gasteiger partial charge on any atom is -0.493 e. The van der Waals surface area contributed by atoms with Crippen molar-refractivity contribution in [3.05, 3.63) is 53.6 Å². The highest BCUT2D eigenvalue weighted by molar-refractivity contribution is 5.84. The standard InChI is InChI=1S/C25H34N2O4/c1-7-8-15-30-22-14-9-19(16-23(22)29-6)17-26-27-24(28)18(2)31-21-12-10-20(11-13-21)25(3,4)5/h9-14,16-18H,7-8,15H2,1-6H3,(H,27,28)/b26-17+. The molecule has 0 saturated heterocycles. The van der Waals surface area contributed by atoms with Crippen LogP contribution in [0.15, 0.2) is 47.6 Å². The van der Waals surface area contributed by atoms with Crippen LogP contribution in [-0.2, 0) is 10.2 Å². The first kappa shape index (κ1) is 24.3. The zero-order valence-electron chi connectivity index (χ0n) is 19.4. The Hall–Kier alpha value is -3.02. The number of amides is 1. The molecule has 0 fully saturated rings. The molecular formula is C25H34N2O4. The van der Waals surface area contributed by atoms with E-state index in [2.05, 4.69) is 38.2 Å². The maximum absolute atomic E-state index is 12.3. The number of unbranched alkanes of at least 4 members (excludes halogenated alkanes) is 1. The predicted molar refractivity (Wildman–Crippen MR) is 124 cm³/mol. The van der Waals surface area contributed by atoms with Gasteiger partial charge in [-0.25, -0.2) is 5.43 Å². The first-order valence-electron chi connectivity index (χ1n) is 10.7. The van der Waals surface area contributed by atoms with E-state index in [0.717, 1.165) is 18.4 Å². The lowest BCUT2D eigenvalue weighted by Crippen LogP contribution is -2.33. The van der Waals surface area contributed by atoms with Crippen LogP contribution in [0.5, 0.6) is 17.2 Å². The van der Waals surface area contributed by atoms with E-state index in [1.807, 2.05) is 42.5 Å². The van der Waals surface area contributed by atoms with Crippen LogP contribution in [0.25, 0.3) is 0 Å². The molecule has 0 aromatic heterocycles. The molecule has 2 aromatic rings. The summed E-state index contributed by atoms with van der Waals surface area (Å²) in [5, 5.41) is 4.03. The summed E-state index contributed by atoms with van der Waals surface area (Å²) >= 11 is 0. The van der Waals surface area contributed by atoms with Crippen LogP contribution in [0.1, 0.15) is 58.6 Å². The van der Waals surface area contributed by atoms with Gasteiger partial charge >= 0.3 is 0 Å². The minimum atomic E-state index is -0.679. The topological polar surface area (TPSA) is 69.2 Å². The van der Waals surface area contributed by atoms with E-state index in [1.165, 1.54) is 5.56 Å². The van der Waals surface area contributed by atoms with Gasteiger partial charge in [0.1, 0.15) is 5.75 Å².